The number of methoxy groups -OCH3 is 1. The highest BCUT2D eigenvalue weighted by Crippen LogP contribution is 2.32. The van der Waals surface area contributed by atoms with Crippen LogP contribution in [0.3, 0.4) is 0 Å². The standard InChI is InChI=1S/C26H24ClFN4O6S/c1-3-38-24(33)5-4-10-32-15-30-21-8-6-16(11-19(21)26(32)34)17-12-22(25(37-2)29-14-17)31-39(35,36)23-9-7-18(28)13-20(23)27/h6-9,11-15,31H,3-5,10H2,1-2H3. The summed E-state index contributed by atoms with van der Waals surface area (Å²) in [5, 5.41) is 0.0494. The number of nitrogens with one attached hydrogen (secondary N) is 1. The van der Waals surface area contributed by atoms with Crippen molar-refractivity contribution >= 4 is 44.2 Å². The van der Waals surface area contributed by atoms with Crippen LogP contribution in [-0.2, 0) is 26.1 Å². The Hall–Kier alpha value is -4.03. The Morgan fingerprint density at radius 2 is 1.92 bits per heavy atom. The number of benzene rings is 2. The minimum Gasteiger partial charge on any atom is -0.480 e. The van der Waals surface area contributed by atoms with Gasteiger partial charge >= 0.3 is 5.97 Å². The van der Waals surface area contributed by atoms with Gasteiger partial charge in [-0.15, -0.1) is 0 Å². The highest BCUT2D eigenvalue weighted by molar-refractivity contribution is 7.92. The van der Waals surface area contributed by atoms with Crippen LogP contribution < -0.4 is 15.0 Å². The number of hydrogen-bond donors (Lipinski definition) is 1. The molecule has 10 nitrogen and oxygen atoms in total. The Morgan fingerprint density at radius 1 is 1.13 bits per heavy atom. The van der Waals surface area contributed by atoms with Crippen molar-refractivity contribution in [3.8, 4) is 17.0 Å². The van der Waals surface area contributed by atoms with Gasteiger partial charge in [0.2, 0.25) is 5.88 Å². The van der Waals surface area contributed by atoms with E-state index in [2.05, 4.69) is 14.7 Å². The number of carbonyl (C=O) groups excluding carboxylic acids is 1. The van der Waals surface area contributed by atoms with E-state index in [1.54, 1.807) is 25.1 Å². The molecule has 0 amide bonds. The number of ether oxygens (including phenoxy) is 2. The Labute approximate surface area is 228 Å². The minimum absolute atomic E-state index is 0.00743. The number of rotatable bonds is 10. The number of anilines is 1. The van der Waals surface area contributed by atoms with Crippen LogP contribution in [0.15, 0.2) is 64.7 Å². The van der Waals surface area contributed by atoms with Gasteiger partial charge in [0.25, 0.3) is 15.6 Å². The van der Waals surface area contributed by atoms with E-state index in [0.717, 1.165) is 18.2 Å². The Kier molecular flexibility index (Phi) is 8.46. The lowest BCUT2D eigenvalue weighted by atomic mass is 10.1. The molecule has 4 aromatic rings. The van der Waals surface area contributed by atoms with Gasteiger partial charge in [-0.1, -0.05) is 17.7 Å². The molecule has 4 rings (SSSR count). The quantitative estimate of drug-likeness (QED) is 0.276. The first kappa shape index (κ1) is 28.0. The molecule has 0 aliphatic rings. The SMILES string of the molecule is CCOC(=O)CCCn1cnc2ccc(-c3cnc(OC)c(NS(=O)(=O)c4ccc(F)cc4Cl)c3)cc2c1=O. The lowest BCUT2D eigenvalue weighted by Gasteiger charge is -2.14. The molecule has 2 heterocycles. The number of hydrogen-bond acceptors (Lipinski definition) is 8. The summed E-state index contributed by atoms with van der Waals surface area (Å²) in [5.41, 5.74) is 1.25. The average Bonchev–Trinajstić information content (AvgIpc) is 2.89. The largest absolute Gasteiger partial charge is 0.480 e. The van der Waals surface area contributed by atoms with Gasteiger partial charge in [-0.2, -0.15) is 0 Å². The Balaban J connectivity index is 1.66. The maximum absolute atomic E-state index is 13.4. The van der Waals surface area contributed by atoms with Crippen LogP contribution in [0.5, 0.6) is 5.88 Å². The number of pyridine rings is 1. The third kappa shape index (κ3) is 6.35. The molecule has 0 bridgehead atoms. The fraction of sp³-hybridized carbons (Fsp3) is 0.231. The highest BCUT2D eigenvalue weighted by Gasteiger charge is 2.21. The summed E-state index contributed by atoms with van der Waals surface area (Å²) in [7, 11) is -2.89. The maximum Gasteiger partial charge on any atom is 0.305 e. The number of sulfonamides is 1. The van der Waals surface area contributed by atoms with Crippen molar-refractivity contribution in [3.05, 3.63) is 76.2 Å². The molecule has 0 spiro atoms. The first-order chi connectivity index (χ1) is 18.6. The van der Waals surface area contributed by atoms with Gasteiger partial charge in [-0.25, -0.2) is 22.8 Å². The van der Waals surface area contributed by atoms with Gasteiger partial charge in [0.05, 0.1) is 36.0 Å². The normalized spacial score (nSPS) is 11.4. The molecule has 0 radical (unpaired) electrons. The zero-order valence-corrected chi connectivity index (χ0v) is 22.6. The second-order valence-corrected chi connectivity index (χ2v) is 10.4. The van der Waals surface area contributed by atoms with Crippen LogP contribution in [0.25, 0.3) is 22.0 Å². The van der Waals surface area contributed by atoms with E-state index in [1.807, 2.05) is 0 Å². The summed E-state index contributed by atoms with van der Waals surface area (Å²) in [4.78, 5) is 32.9. The van der Waals surface area contributed by atoms with E-state index < -0.39 is 15.8 Å². The molecule has 1 N–H and O–H groups in total. The van der Waals surface area contributed by atoms with Gasteiger partial charge in [-0.3, -0.25) is 18.9 Å². The van der Waals surface area contributed by atoms with Crippen LogP contribution in [0, 0.1) is 5.82 Å². The van der Waals surface area contributed by atoms with Crippen LogP contribution in [-0.4, -0.2) is 42.6 Å². The van der Waals surface area contributed by atoms with Crippen molar-refractivity contribution in [2.45, 2.75) is 31.2 Å². The van der Waals surface area contributed by atoms with Crippen molar-refractivity contribution < 1.29 is 27.1 Å². The Bertz CT molecular complexity index is 1710. The molecular formula is C26H24ClFN4O6S. The number of halogens is 2. The number of esters is 1. The zero-order chi connectivity index (χ0) is 28.2. The monoisotopic (exact) mass is 574 g/mol. The number of fused-ring (bicyclic) bond motifs is 1. The Morgan fingerprint density at radius 3 is 2.64 bits per heavy atom. The molecule has 0 unspecified atom stereocenters. The second kappa shape index (κ2) is 11.8. The van der Waals surface area contributed by atoms with Crippen LogP contribution in [0.2, 0.25) is 5.02 Å². The first-order valence-electron chi connectivity index (χ1n) is 11.8. The molecular weight excluding hydrogens is 551 g/mol. The zero-order valence-electron chi connectivity index (χ0n) is 21.0. The third-order valence-corrected chi connectivity index (χ3v) is 7.56. The summed E-state index contributed by atoms with van der Waals surface area (Å²) in [6, 6.07) is 9.45. The highest BCUT2D eigenvalue weighted by atomic mass is 35.5. The van der Waals surface area contributed by atoms with E-state index in [0.29, 0.717) is 35.1 Å². The fourth-order valence-corrected chi connectivity index (χ4v) is 5.44. The van der Waals surface area contributed by atoms with Gasteiger partial charge < -0.3 is 9.47 Å². The summed E-state index contributed by atoms with van der Waals surface area (Å²) >= 11 is 5.96. The molecule has 13 heteroatoms. The molecule has 0 fully saturated rings. The van der Waals surface area contributed by atoms with Gasteiger partial charge in [0.15, 0.2) is 0 Å². The number of nitrogens with zero attached hydrogens (tertiary/aromatic N) is 3. The predicted molar refractivity (Wildman–Crippen MR) is 144 cm³/mol. The van der Waals surface area contributed by atoms with E-state index in [9.17, 15) is 22.4 Å². The first-order valence-corrected chi connectivity index (χ1v) is 13.7. The maximum atomic E-state index is 13.4. The molecule has 2 aromatic heterocycles. The molecule has 0 saturated heterocycles. The van der Waals surface area contributed by atoms with Crippen LogP contribution in [0.4, 0.5) is 10.1 Å². The molecule has 0 aliphatic heterocycles. The topological polar surface area (TPSA) is 129 Å². The lowest BCUT2D eigenvalue weighted by Crippen LogP contribution is -2.21. The summed E-state index contributed by atoms with van der Waals surface area (Å²) in [6.45, 7) is 2.31. The molecule has 204 valence electrons. The minimum atomic E-state index is -4.22. The van der Waals surface area contributed by atoms with E-state index in [1.165, 1.54) is 30.3 Å². The van der Waals surface area contributed by atoms with Crippen molar-refractivity contribution in [2.75, 3.05) is 18.4 Å². The van der Waals surface area contributed by atoms with Crippen molar-refractivity contribution in [2.24, 2.45) is 0 Å². The van der Waals surface area contributed by atoms with Crippen molar-refractivity contribution in [3.63, 3.8) is 0 Å². The van der Waals surface area contributed by atoms with Gasteiger partial charge in [0.1, 0.15) is 16.4 Å². The van der Waals surface area contributed by atoms with E-state index in [-0.39, 0.29) is 46.0 Å². The third-order valence-electron chi connectivity index (χ3n) is 5.71. The van der Waals surface area contributed by atoms with Crippen molar-refractivity contribution in [1.82, 2.24) is 14.5 Å². The van der Waals surface area contributed by atoms with E-state index in [4.69, 9.17) is 21.1 Å². The summed E-state index contributed by atoms with van der Waals surface area (Å²) in [6.07, 6.45) is 3.49. The lowest BCUT2D eigenvalue weighted by molar-refractivity contribution is -0.143. The molecule has 0 saturated carbocycles. The molecule has 0 atom stereocenters. The number of aromatic nitrogens is 3. The predicted octanol–water partition coefficient (Wildman–Crippen LogP) is 4.40. The number of aryl methyl sites for hydroxylation is 1. The average molecular weight is 575 g/mol. The molecule has 2 aromatic carbocycles. The van der Waals surface area contributed by atoms with Crippen molar-refractivity contribution in [1.29, 1.82) is 0 Å². The molecule has 0 aliphatic carbocycles. The molecule has 39 heavy (non-hydrogen) atoms. The summed E-state index contributed by atoms with van der Waals surface area (Å²) in [5.74, 6) is -1.02. The smallest absolute Gasteiger partial charge is 0.305 e. The van der Waals surface area contributed by atoms with Crippen LogP contribution >= 0.6 is 11.6 Å². The van der Waals surface area contributed by atoms with Gasteiger partial charge in [-0.05, 0) is 55.3 Å². The summed E-state index contributed by atoms with van der Waals surface area (Å²) < 4.78 is 53.3. The van der Waals surface area contributed by atoms with Gasteiger partial charge in [0, 0.05) is 24.7 Å². The second-order valence-electron chi connectivity index (χ2n) is 8.34. The van der Waals surface area contributed by atoms with Crippen LogP contribution in [0.1, 0.15) is 19.8 Å². The van der Waals surface area contributed by atoms with E-state index >= 15 is 0 Å². The fourth-order valence-electron chi connectivity index (χ4n) is 3.86. The number of carbonyl (C=O) groups is 1.